The Labute approximate surface area is 103 Å². The number of anilines is 1. The van der Waals surface area contributed by atoms with Gasteiger partial charge >= 0.3 is 5.97 Å². The van der Waals surface area contributed by atoms with Gasteiger partial charge in [-0.1, -0.05) is 0 Å². The molecule has 0 bridgehead atoms. The molecule has 0 saturated carbocycles. The number of hydrogen-bond acceptors (Lipinski definition) is 5. The van der Waals surface area contributed by atoms with Crippen LogP contribution in [-0.4, -0.2) is 46.5 Å². The van der Waals surface area contributed by atoms with Crippen molar-refractivity contribution >= 4 is 28.2 Å². The smallest absolute Gasteiger partial charge is 0.357 e. The first-order valence-corrected chi connectivity index (χ1v) is 6.03. The number of rotatable bonds is 5. The monoisotopic (exact) mass is 257 g/mol. The predicted octanol–water partition coefficient (Wildman–Crippen LogP) is 1.12. The van der Waals surface area contributed by atoms with Crippen LogP contribution in [-0.2, 0) is 4.79 Å². The first-order valence-electron chi connectivity index (χ1n) is 5.15. The number of carboxylic acids is 1. The minimum absolute atomic E-state index is 0.0474. The van der Waals surface area contributed by atoms with Crippen molar-refractivity contribution in [3.63, 3.8) is 0 Å². The van der Waals surface area contributed by atoms with Gasteiger partial charge in [-0.05, 0) is 13.8 Å². The van der Waals surface area contributed by atoms with Gasteiger partial charge in [-0.25, -0.2) is 9.78 Å². The molecule has 1 atom stereocenters. The first kappa shape index (κ1) is 13.4. The summed E-state index contributed by atoms with van der Waals surface area (Å²) in [6.07, 6.45) is 0. The lowest BCUT2D eigenvalue weighted by molar-refractivity contribution is -0.130. The molecule has 0 spiro atoms. The molecular weight excluding hydrogens is 242 g/mol. The predicted molar refractivity (Wildman–Crippen MR) is 65.5 cm³/mol. The summed E-state index contributed by atoms with van der Waals surface area (Å²) >= 11 is 1.17. The number of aromatic nitrogens is 1. The Hall–Kier alpha value is -1.63. The Bertz CT molecular complexity index is 419. The fourth-order valence-electron chi connectivity index (χ4n) is 1.25. The maximum absolute atomic E-state index is 11.8. The summed E-state index contributed by atoms with van der Waals surface area (Å²) in [5, 5.41) is 12.1. The second-order valence-corrected chi connectivity index (χ2v) is 4.41. The van der Waals surface area contributed by atoms with Gasteiger partial charge in [0.05, 0.1) is 5.51 Å². The van der Waals surface area contributed by atoms with Crippen LogP contribution < -0.4 is 5.32 Å². The summed E-state index contributed by atoms with van der Waals surface area (Å²) in [7, 11) is 1.70. The van der Waals surface area contributed by atoms with Crippen LogP contribution in [0, 0.1) is 0 Å². The molecule has 17 heavy (non-hydrogen) atoms. The molecular formula is C10H15N3O3S. The third kappa shape index (κ3) is 3.16. The number of amides is 1. The SMILES string of the molecule is CCN(C)C(=O)C(C)Nc1scnc1C(=O)O. The summed E-state index contributed by atoms with van der Waals surface area (Å²) in [5.41, 5.74) is 1.39. The van der Waals surface area contributed by atoms with E-state index < -0.39 is 12.0 Å². The molecule has 0 aliphatic heterocycles. The minimum Gasteiger partial charge on any atom is -0.476 e. The van der Waals surface area contributed by atoms with Crippen molar-refractivity contribution in [2.75, 3.05) is 18.9 Å². The molecule has 0 radical (unpaired) electrons. The van der Waals surface area contributed by atoms with Crippen LogP contribution in [0.25, 0.3) is 0 Å². The summed E-state index contributed by atoms with van der Waals surface area (Å²) in [4.78, 5) is 27.9. The zero-order valence-electron chi connectivity index (χ0n) is 9.93. The van der Waals surface area contributed by atoms with Gasteiger partial charge in [0.2, 0.25) is 5.91 Å². The van der Waals surface area contributed by atoms with E-state index in [0.29, 0.717) is 11.5 Å². The normalized spacial score (nSPS) is 11.9. The zero-order valence-corrected chi connectivity index (χ0v) is 10.7. The van der Waals surface area contributed by atoms with Crippen molar-refractivity contribution in [2.45, 2.75) is 19.9 Å². The molecule has 1 heterocycles. The number of nitrogens with one attached hydrogen (secondary N) is 1. The molecule has 7 heteroatoms. The van der Waals surface area contributed by atoms with E-state index in [1.54, 1.807) is 18.9 Å². The Morgan fingerprint density at radius 2 is 2.29 bits per heavy atom. The highest BCUT2D eigenvalue weighted by Crippen LogP contribution is 2.21. The Morgan fingerprint density at radius 1 is 1.65 bits per heavy atom. The quantitative estimate of drug-likeness (QED) is 0.826. The van der Waals surface area contributed by atoms with Gasteiger partial charge in [0.15, 0.2) is 5.69 Å². The molecule has 2 N–H and O–H groups in total. The van der Waals surface area contributed by atoms with E-state index >= 15 is 0 Å². The summed E-state index contributed by atoms with van der Waals surface area (Å²) < 4.78 is 0. The van der Waals surface area contributed by atoms with Crippen molar-refractivity contribution in [1.29, 1.82) is 0 Å². The van der Waals surface area contributed by atoms with Crippen LogP contribution in [0.3, 0.4) is 0 Å². The van der Waals surface area contributed by atoms with Gasteiger partial charge in [-0.2, -0.15) is 0 Å². The number of carbonyl (C=O) groups excluding carboxylic acids is 1. The number of carboxylic acid groups (broad SMARTS) is 1. The third-order valence-electron chi connectivity index (χ3n) is 2.34. The summed E-state index contributed by atoms with van der Waals surface area (Å²) in [6.45, 7) is 4.18. The van der Waals surface area contributed by atoms with Crippen LogP contribution in [0.4, 0.5) is 5.00 Å². The van der Waals surface area contributed by atoms with Crippen molar-refractivity contribution < 1.29 is 14.7 Å². The summed E-state index contributed by atoms with van der Waals surface area (Å²) in [6, 6.07) is -0.474. The van der Waals surface area contributed by atoms with Gasteiger partial charge in [0.25, 0.3) is 0 Å². The lowest BCUT2D eigenvalue weighted by atomic mass is 10.3. The molecule has 0 aliphatic rings. The van der Waals surface area contributed by atoms with E-state index in [-0.39, 0.29) is 11.6 Å². The largest absolute Gasteiger partial charge is 0.476 e. The van der Waals surface area contributed by atoms with Crippen molar-refractivity contribution in [1.82, 2.24) is 9.88 Å². The summed E-state index contributed by atoms with van der Waals surface area (Å²) in [5.74, 6) is -1.19. The Balaban J connectivity index is 2.74. The molecule has 0 saturated heterocycles. The van der Waals surface area contributed by atoms with Crippen molar-refractivity contribution in [2.24, 2.45) is 0 Å². The lowest BCUT2D eigenvalue weighted by Crippen LogP contribution is -2.38. The second kappa shape index (κ2) is 5.62. The number of aromatic carboxylic acids is 1. The van der Waals surface area contributed by atoms with Gasteiger partial charge in [-0.3, -0.25) is 4.79 Å². The standard InChI is InChI=1S/C10H15N3O3S/c1-4-13(3)9(14)6(2)12-8-7(10(15)16)11-5-17-8/h5-6,12H,4H2,1-3H3,(H,15,16). The maximum atomic E-state index is 11.8. The molecule has 1 aromatic rings. The van der Waals surface area contributed by atoms with Crippen LogP contribution >= 0.6 is 11.3 Å². The lowest BCUT2D eigenvalue weighted by Gasteiger charge is -2.20. The van der Waals surface area contributed by atoms with Crippen LogP contribution in [0.5, 0.6) is 0 Å². The van der Waals surface area contributed by atoms with E-state index in [1.165, 1.54) is 16.8 Å². The molecule has 1 rings (SSSR count). The molecule has 1 amide bonds. The molecule has 0 aliphatic carbocycles. The van der Waals surface area contributed by atoms with Crippen molar-refractivity contribution in [3.05, 3.63) is 11.2 Å². The third-order valence-corrected chi connectivity index (χ3v) is 3.10. The molecule has 1 unspecified atom stereocenters. The number of nitrogens with zero attached hydrogens (tertiary/aromatic N) is 2. The number of carbonyl (C=O) groups is 2. The van der Waals surface area contributed by atoms with E-state index in [0.717, 1.165) is 0 Å². The van der Waals surface area contributed by atoms with E-state index in [9.17, 15) is 9.59 Å². The highest BCUT2D eigenvalue weighted by molar-refractivity contribution is 7.14. The van der Waals surface area contributed by atoms with Crippen LogP contribution in [0.2, 0.25) is 0 Å². The molecule has 94 valence electrons. The first-order chi connectivity index (χ1) is 7.97. The average Bonchev–Trinajstić information content (AvgIpc) is 2.75. The maximum Gasteiger partial charge on any atom is 0.357 e. The highest BCUT2D eigenvalue weighted by atomic mass is 32.1. The Morgan fingerprint density at radius 3 is 2.82 bits per heavy atom. The number of thiazole rings is 1. The molecule has 1 aromatic heterocycles. The van der Waals surface area contributed by atoms with E-state index in [1.807, 2.05) is 6.92 Å². The average molecular weight is 257 g/mol. The topological polar surface area (TPSA) is 82.5 Å². The highest BCUT2D eigenvalue weighted by Gasteiger charge is 2.20. The van der Waals surface area contributed by atoms with Crippen LogP contribution in [0.1, 0.15) is 24.3 Å². The van der Waals surface area contributed by atoms with Gasteiger partial charge in [0.1, 0.15) is 11.0 Å². The van der Waals surface area contributed by atoms with Crippen molar-refractivity contribution in [3.8, 4) is 0 Å². The van der Waals surface area contributed by atoms with Crippen LogP contribution in [0.15, 0.2) is 5.51 Å². The number of likely N-dealkylation sites (N-methyl/N-ethyl adjacent to an activating group) is 1. The fourth-order valence-corrected chi connectivity index (χ4v) is 2.01. The molecule has 0 fully saturated rings. The second-order valence-electron chi connectivity index (χ2n) is 3.55. The van der Waals surface area contributed by atoms with Gasteiger partial charge in [-0.15, -0.1) is 11.3 Å². The zero-order chi connectivity index (χ0) is 13.0. The van der Waals surface area contributed by atoms with Gasteiger partial charge in [0, 0.05) is 13.6 Å². The van der Waals surface area contributed by atoms with E-state index in [2.05, 4.69) is 10.3 Å². The number of hydrogen-bond donors (Lipinski definition) is 2. The van der Waals surface area contributed by atoms with E-state index in [4.69, 9.17) is 5.11 Å². The Kier molecular flexibility index (Phi) is 4.45. The van der Waals surface area contributed by atoms with Gasteiger partial charge < -0.3 is 15.3 Å². The molecule has 0 aromatic carbocycles. The fraction of sp³-hybridized carbons (Fsp3) is 0.500. The molecule has 6 nitrogen and oxygen atoms in total. The minimum atomic E-state index is -1.10.